The van der Waals surface area contributed by atoms with Crippen LogP contribution >= 0.6 is 23.2 Å². The molecule has 0 saturated heterocycles. The highest BCUT2D eigenvalue weighted by Crippen LogP contribution is 2.33. The van der Waals surface area contributed by atoms with Gasteiger partial charge in [0.1, 0.15) is 5.82 Å². The predicted molar refractivity (Wildman–Crippen MR) is 87.7 cm³/mol. The van der Waals surface area contributed by atoms with Crippen LogP contribution in [0.25, 0.3) is 0 Å². The second kappa shape index (κ2) is 7.12. The number of para-hydroxylation sites is 1. The van der Waals surface area contributed by atoms with Gasteiger partial charge in [-0.15, -0.1) is 0 Å². The summed E-state index contributed by atoms with van der Waals surface area (Å²) in [6.45, 7) is 2.86. The van der Waals surface area contributed by atoms with Crippen LogP contribution in [-0.4, -0.2) is 13.1 Å². The van der Waals surface area contributed by atoms with Gasteiger partial charge in [0.25, 0.3) is 0 Å². The summed E-state index contributed by atoms with van der Waals surface area (Å²) in [5, 5.41) is 1.15. The van der Waals surface area contributed by atoms with Gasteiger partial charge in [0.05, 0.1) is 11.7 Å². The van der Waals surface area contributed by atoms with E-state index < -0.39 is 0 Å². The van der Waals surface area contributed by atoms with Gasteiger partial charge in [-0.2, -0.15) is 0 Å². The van der Waals surface area contributed by atoms with Crippen LogP contribution < -0.4 is 10.6 Å². The molecule has 2 rings (SSSR count). The fourth-order valence-electron chi connectivity index (χ4n) is 2.44. The Labute approximate surface area is 134 Å². The molecule has 112 valence electrons. The van der Waals surface area contributed by atoms with Gasteiger partial charge in [0.2, 0.25) is 0 Å². The van der Waals surface area contributed by atoms with E-state index in [2.05, 4.69) is 0 Å². The lowest BCUT2D eigenvalue weighted by molar-refractivity contribution is 0.588. The summed E-state index contributed by atoms with van der Waals surface area (Å²) < 4.78 is 14.1. The van der Waals surface area contributed by atoms with Crippen LogP contribution in [0, 0.1) is 5.82 Å². The number of halogens is 3. The normalized spacial score (nSPS) is 12.2. The van der Waals surface area contributed by atoms with Gasteiger partial charge in [-0.25, -0.2) is 4.39 Å². The molecule has 21 heavy (non-hydrogen) atoms. The quantitative estimate of drug-likeness (QED) is 0.865. The number of rotatable bonds is 5. The van der Waals surface area contributed by atoms with Crippen molar-refractivity contribution in [3.63, 3.8) is 0 Å². The molecule has 0 bridgehead atoms. The first-order valence-electron chi connectivity index (χ1n) is 6.74. The lowest BCUT2D eigenvalue weighted by Crippen LogP contribution is -2.34. The Kier molecular flexibility index (Phi) is 5.45. The SMILES string of the molecule is CCN(c1ccccc1F)C(CN)c1cc(Cl)ccc1Cl. The number of hydrogen-bond acceptors (Lipinski definition) is 2. The van der Waals surface area contributed by atoms with Crippen LogP contribution in [0.15, 0.2) is 42.5 Å². The molecule has 0 aliphatic heterocycles. The highest BCUT2D eigenvalue weighted by molar-refractivity contribution is 6.33. The molecule has 5 heteroatoms. The maximum atomic E-state index is 14.1. The van der Waals surface area contributed by atoms with E-state index in [0.717, 1.165) is 5.56 Å². The molecule has 2 nitrogen and oxygen atoms in total. The Morgan fingerprint density at radius 1 is 1.19 bits per heavy atom. The van der Waals surface area contributed by atoms with Gasteiger partial charge in [0.15, 0.2) is 0 Å². The van der Waals surface area contributed by atoms with Crippen LogP contribution in [0.5, 0.6) is 0 Å². The molecule has 0 fully saturated rings. The van der Waals surface area contributed by atoms with E-state index in [-0.39, 0.29) is 11.9 Å². The summed E-state index contributed by atoms with van der Waals surface area (Å²) in [6, 6.07) is 11.6. The predicted octanol–water partition coefficient (Wildman–Crippen LogP) is 4.66. The van der Waals surface area contributed by atoms with E-state index in [1.54, 1.807) is 36.4 Å². The van der Waals surface area contributed by atoms with E-state index in [1.165, 1.54) is 6.07 Å². The van der Waals surface area contributed by atoms with Crippen LogP contribution in [0.2, 0.25) is 10.0 Å². The van der Waals surface area contributed by atoms with E-state index in [1.807, 2.05) is 11.8 Å². The zero-order valence-corrected chi connectivity index (χ0v) is 13.2. The Bertz CT molecular complexity index is 619. The molecule has 2 N–H and O–H groups in total. The van der Waals surface area contributed by atoms with Crippen molar-refractivity contribution in [2.75, 3.05) is 18.0 Å². The molecule has 2 aromatic rings. The molecular formula is C16H17Cl2FN2. The summed E-state index contributed by atoms with van der Waals surface area (Å²) in [4.78, 5) is 1.90. The highest BCUT2D eigenvalue weighted by atomic mass is 35.5. The maximum absolute atomic E-state index is 14.1. The first kappa shape index (κ1) is 16.1. The topological polar surface area (TPSA) is 29.3 Å². The van der Waals surface area contributed by atoms with Crippen LogP contribution in [-0.2, 0) is 0 Å². The zero-order valence-electron chi connectivity index (χ0n) is 11.7. The molecule has 0 spiro atoms. The third-order valence-electron chi connectivity index (χ3n) is 3.42. The Morgan fingerprint density at radius 3 is 2.52 bits per heavy atom. The molecular weight excluding hydrogens is 310 g/mol. The molecule has 0 saturated carbocycles. The van der Waals surface area contributed by atoms with Gasteiger partial charge in [0, 0.05) is 23.1 Å². The number of anilines is 1. The molecule has 1 atom stereocenters. The fraction of sp³-hybridized carbons (Fsp3) is 0.250. The summed E-state index contributed by atoms with van der Waals surface area (Å²) in [6.07, 6.45) is 0. The highest BCUT2D eigenvalue weighted by Gasteiger charge is 2.22. The lowest BCUT2D eigenvalue weighted by Gasteiger charge is -2.33. The van der Waals surface area contributed by atoms with Gasteiger partial charge < -0.3 is 10.6 Å². The van der Waals surface area contributed by atoms with E-state index in [0.29, 0.717) is 28.8 Å². The van der Waals surface area contributed by atoms with Crippen molar-refractivity contribution in [3.05, 3.63) is 63.9 Å². The number of nitrogens with two attached hydrogens (primary N) is 1. The van der Waals surface area contributed by atoms with E-state index >= 15 is 0 Å². The number of benzene rings is 2. The third kappa shape index (κ3) is 3.49. The number of likely N-dealkylation sites (N-methyl/N-ethyl adjacent to an activating group) is 1. The standard InChI is InChI=1S/C16H17Cl2FN2/c1-2-21(15-6-4-3-5-14(15)19)16(10-20)12-9-11(17)7-8-13(12)18/h3-9,16H,2,10,20H2,1H3. The molecule has 2 aromatic carbocycles. The van der Waals surface area contributed by atoms with Gasteiger partial charge in [-0.05, 0) is 42.8 Å². The summed E-state index contributed by atoms with van der Waals surface area (Å²) >= 11 is 12.3. The zero-order chi connectivity index (χ0) is 15.4. The van der Waals surface area contributed by atoms with Crippen LogP contribution in [0.4, 0.5) is 10.1 Å². The molecule has 0 amide bonds. The molecule has 0 aromatic heterocycles. The largest absolute Gasteiger partial charge is 0.361 e. The molecule has 0 aliphatic carbocycles. The first-order valence-corrected chi connectivity index (χ1v) is 7.50. The average Bonchev–Trinajstić information content (AvgIpc) is 2.48. The minimum atomic E-state index is -0.282. The van der Waals surface area contributed by atoms with E-state index in [9.17, 15) is 4.39 Å². The van der Waals surface area contributed by atoms with Gasteiger partial charge in [-0.1, -0.05) is 35.3 Å². The van der Waals surface area contributed by atoms with Crippen LogP contribution in [0.3, 0.4) is 0 Å². The fourth-order valence-corrected chi connectivity index (χ4v) is 2.86. The van der Waals surface area contributed by atoms with E-state index in [4.69, 9.17) is 28.9 Å². The van der Waals surface area contributed by atoms with Crippen molar-refractivity contribution in [1.82, 2.24) is 0 Å². The first-order chi connectivity index (χ1) is 10.1. The van der Waals surface area contributed by atoms with Crippen molar-refractivity contribution in [2.24, 2.45) is 5.73 Å². The number of nitrogens with zero attached hydrogens (tertiary/aromatic N) is 1. The minimum Gasteiger partial charge on any atom is -0.361 e. The maximum Gasteiger partial charge on any atom is 0.146 e. The summed E-state index contributed by atoms with van der Waals surface area (Å²) in [7, 11) is 0. The van der Waals surface area contributed by atoms with Crippen molar-refractivity contribution < 1.29 is 4.39 Å². The van der Waals surface area contributed by atoms with Crippen molar-refractivity contribution in [2.45, 2.75) is 13.0 Å². The summed E-state index contributed by atoms with van der Waals surface area (Å²) in [5.74, 6) is -0.282. The smallest absolute Gasteiger partial charge is 0.146 e. The average molecular weight is 327 g/mol. The Morgan fingerprint density at radius 2 is 1.90 bits per heavy atom. The molecule has 1 unspecified atom stereocenters. The second-order valence-electron chi connectivity index (χ2n) is 4.65. The molecule has 0 radical (unpaired) electrons. The van der Waals surface area contributed by atoms with Gasteiger partial charge >= 0.3 is 0 Å². The Balaban J connectivity index is 2.48. The summed E-state index contributed by atoms with van der Waals surface area (Å²) in [5.41, 5.74) is 7.23. The minimum absolute atomic E-state index is 0.238. The van der Waals surface area contributed by atoms with Gasteiger partial charge in [-0.3, -0.25) is 0 Å². The van der Waals surface area contributed by atoms with Crippen molar-refractivity contribution in [3.8, 4) is 0 Å². The molecule has 0 aliphatic rings. The second-order valence-corrected chi connectivity index (χ2v) is 5.50. The third-order valence-corrected chi connectivity index (χ3v) is 4.00. The molecule has 0 heterocycles. The van der Waals surface area contributed by atoms with Crippen molar-refractivity contribution >= 4 is 28.9 Å². The van der Waals surface area contributed by atoms with Crippen LogP contribution in [0.1, 0.15) is 18.5 Å². The Hall–Kier alpha value is -1.29. The number of hydrogen-bond donors (Lipinski definition) is 1. The monoisotopic (exact) mass is 326 g/mol. The lowest BCUT2D eigenvalue weighted by atomic mass is 10.0. The van der Waals surface area contributed by atoms with Crippen molar-refractivity contribution in [1.29, 1.82) is 0 Å².